The van der Waals surface area contributed by atoms with Crippen molar-refractivity contribution in [1.82, 2.24) is 0 Å². The molecule has 1 fully saturated rings. The maximum atomic E-state index is 12.9. The molecule has 2 atom stereocenters. The molecule has 0 amide bonds. The molecule has 2 nitrogen and oxygen atoms in total. The number of benzene rings is 1. The Balaban J connectivity index is 2.15. The molecule has 1 aromatic rings. The van der Waals surface area contributed by atoms with Crippen molar-refractivity contribution in [1.29, 1.82) is 0 Å². The second-order valence-corrected chi connectivity index (χ2v) is 5.21. The SMILES string of the molecule is OC1CCCCCCC1Oc1ccccc1C(F)(F)F. The van der Waals surface area contributed by atoms with Gasteiger partial charge in [-0.3, -0.25) is 0 Å². The van der Waals surface area contributed by atoms with Crippen LogP contribution in [0.15, 0.2) is 24.3 Å². The molecule has 1 aliphatic carbocycles. The summed E-state index contributed by atoms with van der Waals surface area (Å²) in [6, 6.07) is 5.17. The molecule has 0 heterocycles. The summed E-state index contributed by atoms with van der Waals surface area (Å²) in [5, 5.41) is 10.0. The molecule has 1 saturated carbocycles. The number of hydrogen-bond acceptors (Lipinski definition) is 2. The highest BCUT2D eigenvalue weighted by Crippen LogP contribution is 2.37. The van der Waals surface area contributed by atoms with Crippen molar-refractivity contribution < 1.29 is 23.0 Å². The fourth-order valence-electron chi connectivity index (χ4n) is 2.53. The van der Waals surface area contributed by atoms with E-state index in [2.05, 4.69) is 0 Å². The van der Waals surface area contributed by atoms with Crippen LogP contribution in [0.4, 0.5) is 13.2 Å². The van der Waals surface area contributed by atoms with Gasteiger partial charge in [0.2, 0.25) is 0 Å². The van der Waals surface area contributed by atoms with Crippen molar-refractivity contribution in [3.8, 4) is 5.75 Å². The monoisotopic (exact) mass is 288 g/mol. The first kappa shape index (κ1) is 15.2. The van der Waals surface area contributed by atoms with Gasteiger partial charge in [0.05, 0.1) is 11.7 Å². The van der Waals surface area contributed by atoms with Crippen molar-refractivity contribution in [2.24, 2.45) is 0 Å². The third-order valence-electron chi connectivity index (χ3n) is 3.64. The minimum Gasteiger partial charge on any atom is -0.487 e. The first-order valence-electron chi connectivity index (χ1n) is 6.99. The van der Waals surface area contributed by atoms with Crippen LogP contribution < -0.4 is 4.74 Å². The van der Waals surface area contributed by atoms with Crippen molar-refractivity contribution in [2.45, 2.75) is 56.9 Å². The van der Waals surface area contributed by atoms with Gasteiger partial charge in [-0.25, -0.2) is 0 Å². The fraction of sp³-hybridized carbons (Fsp3) is 0.600. The minimum absolute atomic E-state index is 0.190. The number of rotatable bonds is 2. The first-order chi connectivity index (χ1) is 9.48. The molecule has 0 aliphatic heterocycles. The third-order valence-corrected chi connectivity index (χ3v) is 3.64. The van der Waals surface area contributed by atoms with Gasteiger partial charge in [-0.2, -0.15) is 13.2 Å². The zero-order chi connectivity index (χ0) is 14.6. The van der Waals surface area contributed by atoms with Gasteiger partial charge in [-0.1, -0.05) is 31.4 Å². The zero-order valence-corrected chi connectivity index (χ0v) is 11.2. The number of hydrogen-bond donors (Lipinski definition) is 1. The van der Waals surface area contributed by atoms with E-state index in [1.54, 1.807) is 0 Å². The number of ether oxygens (including phenoxy) is 1. The van der Waals surface area contributed by atoms with E-state index in [9.17, 15) is 18.3 Å². The van der Waals surface area contributed by atoms with E-state index in [1.165, 1.54) is 18.2 Å². The second-order valence-electron chi connectivity index (χ2n) is 5.21. The van der Waals surface area contributed by atoms with Crippen molar-refractivity contribution in [3.63, 3.8) is 0 Å². The summed E-state index contributed by atoms with van der Waals surface area (Å²) >= 11 is 0. The van der Waals surface area contributed by atoms with Crippen LogP contribution >= 0.6 is 0 Å². The lowest BCUT2D eigenvalue weighted by Crippen LogP contribution is -2.33. The van der Waals surface area contributed by atoms with Gasteiger partial charge in [0.15, 0.2) is 0 Å². The van der Waals surface area contributed by atoms with Crippen LogP contribution in [0.2, 0.25) is 0 Å². The van der Waals surface area contributed by atoms with Crippen molar-refractivity contribution >= 4 is 0 Å². The molecule has 5 heteroatoms. The molecule has 1 aromatic carbocycles. The molecule has 0 saturated heterocycles. The molecule has 0 spiro atoms. The van der Waals surface area contributed by atoms with Crippen molar-refractivity contribution in [3.05, 3.63) is 29.8 Å². The number of alkyl halides is 3. The summed E-state index contributed by atoms with van der Waals surface area (Å²) in [5.41, 5.74) is -0.783. The van der Waals surface area contributed by atoms with Crippen LogP contribution in [0, 0.1) is 0 Å². The van der Waals surface area contributed by atoms with Gasteiger partial charge in [-0.05, 0) is 31.4 Å². The molecule has 1 aliphatic rings. The average molecular weight is 288 g/mol. The van der Waals surface area contributed by atoms with E-state index in [0.29, 0.717) is 12.8 Å². The van der Waals surface area contributed by atoms with E-state index in [1.807, 2.05) is 0 Å². The Morgan fingerprint density at radius 1 is 1.00 bits per heavy atom. The van der Waals surface area contributed by atoms with Gasteiger partial charge in [0, 0.05) is 0 Å². The maximum absolute atomic E-state index is 12.9. The van der Waals surface area contributed by atoms with E-state index >= 15 is 0 Å². The Bertz CT molecular complexity index is 431. The predicted molar refractivity (Wildman–Crippen MR) is 69.6 cm³/mol. The molecule has 2 rings (SSSR count). The molecule has 112 valence electrons. The fourth-order valence-corrected chi connectivity index (χ4v) is 2.53. The molecule has 1 N–H and O–H groups in total. The number of aliphatic hydroxyl groups is 1. The van der Waals surface area contributed by atoms with Crippen LogP contribution in [0.5, 0.6) is 5.75 Å². The number of aliphatic hydroxyl groups excluding tert-OH is 1. The van der Waals surface area contributed by atoms with Crippen LogP contribution in [0.25, 0.3) is 0 Å². The summed E-state index contributed by atoms with van der Waals surface area (Å²) in [7, 11) is 0. The van der Waals surface area contributed by atoms with Gasteiger partial charge < -0.3 is 9.84 Å². The average Bonchev–Trinajstić information content (AvgIpc) is 2.38. The summed E-state index contributed by atoms with van der Waals surface area (Å²) in [6.07, 6.45) is -0.667. The highest BCUT2D eigenvalue weighted by Gasteiger charge is 2.35. The molecule has 0 aromatic heterocycles. The highest BCUT2D eigenvalue weighted by molar-refractivity contribution is 5.35. The molecule has 0 radical (unpaired) electrons. The lowest BCUT2D eigenvalue weighted by molar-refractivity contribution is -0.139. The van der Waals surface area contributed by atoms with Crippen LogP contribution in [0.3, 0.4) is 0 Å². The Morgan fingerprint density at radius 2 is 1.65 bits per heavy atom. The molecular formula is C15H19F3O2. The highest BCUT2D eigenvalue weighted by atomic mass is 19.4. The smallest absolute Gasteiger partial charge is 0.419 e. The lowest BCUT2D eigenvalue weighted by Gasteiger charge is -2.27. The van der Waals surface area contributed by atoms with Crippen LogP contribution in [-0.4, -0.2) is 17.3 Å². The van der Waals surface area contributed by atoms with Gasteiger partial charge in [0.25, 0.3) is 0 Å². The van der Waals surface area contributed by atoms with E-state index in [-0.39, 0.29) is 5.75 Å². The maximum Gasteiger partial charge on any atom is 0.419 e. The second kappa shape index (κ2) is 6.48. The van der Waals surface area contributed by atoms with Crippen molar-refractivity contribution in [2.75, 3.05) is 0 Å². The molecule has 2 unspecified atom stereocenters. The first-order valence-corrected chi connectivity index (χ1v) is 6.99. The van der Waals surface area contributed by atoms with E-state index < -0.39 is 23.9 Å². The van der Waals surface area contributed by atoms with Gasteiger partial charge >= 0.3 is 6.18 Å². The summed E-state index contributed by atoms with van der Waals surface area (Å²) in [6.45, 7) is 0. The van der Waals surface area contributed by atoms with Crippen LogP contribution in [-0.2, 0) is 6.18 Å². The third kappa shape index (κ3) is 3.88. The number of halogens is 3. The Kier molecular flexibility index (Phi) is 4.91. The summed E-state index contributed by atoms with van der Waals surface area (Å²) in [4.78, 5) is 0. The zero-order valence-electron chi connectivity index (χ0n) is 11.2. The largest absolute Gasteiger partial charge is 0.487 e. The van der Waals surface area contributed by atoms with Gasteiger partial charge in [0.1, 0.15) is 11.9 Å². The minimum atomic E-state index is -4.44. The Morgan fingerprint density at radius 3 is 2.35 bits per heavy atom. The number of para-hydroxylation sites is 1. The predicted octanol–water partition coefficient (Wildman–Crippen LogP) is 4.17. The standard InChI is InChI=1S/C15H19F3O2/c16-15(17,18)11-7-5-6-9-13(11)20-14-10-4-2-1-3-8-12(14)19/h5-7,9,12,14,19H,1-4,8,10H2. The van der Waals surface area contributed by atoms with Crippen LogP contribution in [0.1, 0.15) is 44.1 Å². The Labute approximate surface area is 116 Å². The lowest BCUT2D eigenvalue weighted by atomic mass is 9.96. The normalized spacial score (nSPS) is 24.8. The van der Waals surface area contributed by atoms with Gasteiger partial charge in [-0.15, -0.1) is 0 Å². The molecular weight excluding hydrogens is 269 g/mol. The quantitative estimate of drug-likeness (QED) is 0.885. The Hall–Kier alpha value is -1.23. The summed E-state index contributed by atoms with van der Waals surface area (Å²) < 4.78 is 44.2. The molecule has 0 bridgehead atoms. The van der Waals surface area contributed by atoms with E-state index in [4.69, 9.17) is 4.74 Å². The van der Waals surface area contributed by atoms with E-state index in [0.717, 1.165) is 31.7 Å². The summed E-state index contributed by atoms with van der Waals surface area (Å²) in [5.74, 6) is -0.190. The topological polar surface area (TPSA) is 29.5 Å². The molecule has 20 heavy (non-hydrogen) atoms.